The van der Waals surface area contributed by atoms with Crippen molar-refractivity contribution >= 4 is 46.4 Å². The average Bonchev–Trinajstić information content (AvgIpc) is 2.87. The summed E-state index contributed by atoms with van der Waals surface area (Å²) in [5, 5.41) is 5.10. The molecule has 134 valence electrons. The second-order valence-corrected chi connectivity index (χ2v) is 7.33. The quantitative estimate of drug-likeness (QED) is 0.495. The van der Waals surface area contributed by atoms with Gasteiger partial charge in [0.25, 0.3) is 0 Å². The lowest BCUT2D eigenvalue weighted by molar-refractivity contribution is 0.830. The van der Waals surface area contributed by atoms with Crippen LogP contribution in [0.4, 0.5) is 11.4 Å². The Hall–Kier alpha value is -2.55. The van der Waals surface area contributed by atoms with Gasteiger partial charge < -0.3 is 5.32 Å². The van der Waals surface area contributed by atoms with Gasteiger partial charge >= 0.3 is 0 Å². The minimum atomic E-state index is 0.125. The van der Waals surface area contributed by atoms with Gasteiger partial charge in [0.15, 0.2) is 0 Å². The molecule has 0 saturated carbocycles. The lowest BCUT2D eigenvalue weighted by Crippen LogP contribution is -2.12. The van der Waals surface area contributed by atoms with E-state index in [0.717, 1.165) is 39.1 Å². The van der Waals surface area contributed by atoms with E-state index in [1.807, 2.05) is 54.6 Å². The number of halogens is 2. The molecule has 3 aromatic carbocycles. The van der Waals surface area contributed by atoms with E-state index in [4.69, 9.17) is 28.2 Å². The maximum Gasteiger partial charge on any atom is 0.0864 e. The average molecular weight is 393 g/mol. The van der Waals surface area contributed by atoms with Crippen LogP contribution in [0.15, 0.2) is 83.9 Å². The fourth-order valence-corrected chi connectivity index (χ4v) is 3.36. The minimum absolute atomic E-state index is 0.125. The lowest BCUT2D eigenvalue weighted by atomic mass is 10.0. The van der Waals surface area contributed by atoms with Crippen LogP contribution < -0.4 is 5.32 Å². The normalized spacial score (nSPS) is 16.4. The second-order valence-electron chi connectivity index (χ2n) is 6.46. The zero-order valence-corrected chi connectivity index (χ0v) is 16.1. The van der Waals surface area contributed by atoms with Gasteiger partial charge in [-0.25, -0.2) is 0 Å². The molecule has 1 unspecified atom stereocenters. The summed E-state index contributed by atoms with van der Waals surface area (Å²) in [5.41, 5.74) is 5.28. The number of allylic oxidation sites excluding steroid dienone is 1. The van der Waals surface area contributed by atoms with E-state index in [1.54, 1.807) is 0 Å². The molecular weight excluding hydrogens is 375 g/mol. The molecule has 27 heavy (non-hydrogen) atoms. The molecule has 1 heterocycles. The van der Waals surface area contributed by atoms with Gasteiger partial charge in [-0.1, -0.05) is 65.7 Å². The van der Waals surface area contributed by atoms with Crippen molar-refractivity contribution in [1.29, 1.82) is 0 Å². The smallest absolute Gasteiger partial charge is 0.0864 e. The fraction of sp³-hybridized carbons (Fsp3) is 0.0870. The molecule has 1 aliphatic heterocycles. The molecule has 1 atom stereocenters. The molecule has 2 nitrogen and oxygen atoms in total. The van der Waals surface area contributed by atoms with Gasteiger partial charge in [0.2, 0.25) is 0 Å². The minimum Gasteiger partial charge on any atom is -0.376 e. The highest BCUT2D eigenvalue weighted by atomic mass is 35.5. The Balaban J connectivity index is 1.67. The SMILES string of the molecule is Clc1ccc(/C=C/C2=Nc3ccccc3NC(c3ccc(Cl)cc3)C2)cc1. The van der Waals surface area contributed by atoms with Crippen LogP contribution in [0.1, 0.15) is 23.6 Å². The van der Waals surface area contributed by atoms with Crippen LogP contribution in [0, 0.1) is 0 Å². The summed E-state index contributed by atoms with van der Waals surface area (Å²) in [4.78, 5) is 4.88. The van der Waals surface area contributed by atoms with E-state index >= 15 is 0 Å². The molecule has 0 fully saturated rings. The van der Waals surface area contributed by atoms with Crippen LogP contribution >= 0.6 is 23.2 Å². The first-order valence-corrected chi connectivity index (χ1v) is 9.55. The Morgan fingerprint density at radius 3 is 2.22 bits per heavy atom. The van der Waals surface area contributed by atoms with Crippen molar-refractivity contribution in [3.63, 3.8) is 0 Å². The number of nitrogens with zero attached hydrogens (tertiary/aromatic N) is 1. The van der Waals surface area contributed by atoms with E-state index in [0.29, 0.717) is 0 Å². The molecule has 0 spiro atoms. The van der Waals surface area contributed by atoms with Crippen molar-refractivity contribution in [2.24, 2.45) is 4.99 Å². The first-order chi connectivity index (χ1) is 13.2. The van der Waals surface area contributed by atoms with Crippen LogP contribution in [-0.4, -0.2) is 5.71 Å². The van der Waals surface area contributed by atoms with E-state index in [-0.39, 0.29) is 6.04 Å². The Bertz CT molecular complexity index is 990. The zero-order chi connectivity index (χ0) is 18.6. The Kier molecular flexibility index (Phi) is 5.28. The first kappa shape index (κ1) is 17.8. The molecule has 0 amide bonds. The van der Waals surface area contributed by atoms with Gasteiger partial charge in [-0.2, -0.15) is 0 Å². The third kappa shape index (κ3) is 4.41. The van der Waals surface area contributed by atoms with Crippen molar-refractivity contribution < 1.29 is 0 Å². The standard InChI is InChI=1S/C23H18Cl2N2/c24-18-10-5-16(6-11-18)7-14-20-15-23(17-8-12-19(25)13-9-17)27-22-4-2-1-3-21(22)26-20/h1-14,23,27H,15H2/b14-7+. The predicted molar refractivity (Wildman–Crippen MR) is 116 cm³/mol. The number of nitrogens with one attached hydrogen (secondary N) is 1. The molecule has 1 N–H and O–H groups in total. The Morgan fingerprint density at radius 1 is 0.815 bits per heavy atom. The summed E-state index contributed by atoms with van der Waals surface area (Å²) >= 11 is 12.0. The van der Waals surface area contributed by atoms with Gasteiger partial charge in [0, 0.05) is 22.2 Å². The molecule has 0 saturated heterocycles. The topological polar surface area (TPSA) is 24.4 Å². The highest BCUT2D eigenvalue weighted by Gasteiger charge is 2.18. The molecule has 4 heteroatoms. The summed E-state index contributed by atoms with van der Waals surface area (Å²) in [6, 6.07) is 24.0. The van der Waals surface area contributed by atoms with E-state index < -0.39 is 0 Å². The fourth-order valence-electron chi connectivity index (χ4n) is 3.11. The summed E-state index contributed by atoms with van der Waals surface area (Å²) in [6.45, 7) is 0. The first-order valence-electron chi connectivity index (χ1n) is 8.80. The van der Waals surface area contributed by atoms with Crippen molar-refractivity contribution in [2.75, 3.05) is 5.32 Å². The molecule has 0 radical (unpaired) electrons. The van der Waals surface area contributed by atoms with Crippen LogP contribution in [-0.2, 0) is 0 Å². The number of aliphatic imine (C=N–C) groups is 1. The lowest BCUT2D eigenvalue weighted by Gasteiger charge is -2.18. The maximum absolute atomic E-state index is 6.06. The van der Waals surface area contributed by atoms with Crippen LogP contribution in [0.5, 0.6) is 0 Å². The molecule has 0 bridgehead atoms. The number of rotatable bonds is 3. The van der Waals surface area contributed by atoms with E-state index in [2.05, 4.69) is 35.7 Å². The van der Waals surface area contributed by atoms with Crippen LogP contribution in [0.2, 0.25) is 10.0 Å². The predicted octanol–water partition coefficient (Wildman–Crippen LogP) is 7.34. The van der Waals surface area contributed by atoms with Gasteiger partial charge in [0.1, 0.15) is 0 Å². The highest BCUT2D eigenvalue weighted by molar-refractivity contribution is 6.30. The van der Waals surface area contributed by atoms with E-state index in [1.165, 1.54) is 5.56 Å². The van der Waals surface area contributed by atoms with Gasteiger partial charge in [-0.05, 0) is 53.6 Å². The Labute approximate surface area is 169 Å². The third-order valence-corrected chi connectivity index (χ3v) is 5.03. The number of para-hydroxylation sites is 2. The zero-order valence-electron chi connectivity index (χ0n) is 14.6. The Morgan fingerprint density at radius 2 is 1.48 bits per heavy atom. The third-order valence-electron chi connectivity index (χ3n) is 4.52. The van der Waals surface area contributed by atoms with Crippen LogP contribution in [0.25, 0.3) is 6.08 Å². The summed E-state index contributed by atoms with van der Waals surface area (Å²) in [6.07, 6.45) is 4.93. The largest absolute Gasteiger partial charge is 0.376 e. The van der Waals surface area contributed by atoms with Crippen LogP contribution in [0.3, 0.4) is 0 Å². The number of hydrogen-bond acceptors (Lipinski definition) is 2. The number of hydrogen-bond donors (Lipinski definition) is 1. The summed E-state index contributed by atoms with van der Waals surface area (Å²) in [5.74, 6) is 0. The molecule has 0 aliphatic carbocycles. The van der Waals surface area contributed by atoms with E-state index in [9.17, 15) is 0 Å². The second kappa shape index (κ2) is 7.99. The molecular formula is C23H18Cl2N2. The molecule has 3 aromatic rings. The number of benzene rings is 3. The summed E-state index contributed by atoms with van der Waals surface area (Å²) in [7, 11) is 0. The van der Waals surface area contributed by atoms with Crippen molar-refractivity contribution in [3.05, 3.63) is 100 Å². The van der Waals surface area contributed by atoms with Gasteiger partial charge in [-0.15, -0.1) is 0 Å². The van der Waals surface area contributed by atoms with Crippen molar-refractivity contribution in [1.82, 2.24) is 0 Å². The van der Waals surface area contributed by atoms with Crippen molar-refractivity contribution in [2.45, 2.75) is 12.5 Å². The number of anilines is 1. The maximum atomic E-state index is 6.06. The monoisotopic (exact) mass is 392 g/mol. The molecule has 0 aromatic heterocycles. The summed E-state index contributed by atoms with van der Waals surface area (Å²) < 4.78 is 0. The number of fused-ring (bicyclic) bond motifs is 1. The molecule has 4 rings (SSSR count). The highest BCUT2D eigenvalue weighted by Crippen LogP contribution is 2.34. The van der Waals surface area contributed by atoms with Crippen molar-refractivity contribution in [3.8, 4) is 0 Å². The van der Waals surface area contributed by atoms with Gasteiger partial charge in [0.05, 0.1) is 17.4 Å². The van der Waals surface area contributed by atoms with Gasteiger partial charge in [-0.3, -0.25) is 4.99 Å². The molecule has 1 aliphatic rings.